The molecule has 1 atom stereocenters. The summed E-state index contributed by atoms with van der Waals surface area (Å²) in [6.45, 7) is 0. The Morgan fingerprint density at radius 2 is 1.52 bits per heavy atom. The summed E-state index contributed by atoms with van der Waals surface area (Å²) in [5, 5.41) is 3.05. The van der Waals surface area contributed by atoms with Gasteiger partial charge in [-0.15, -0.1) is 0 Å². The molecule has 0 bridgehead atoms. The molecule has 3 aromatic rings. The highest BCUT2D eigenvalue weighted by Gasteiger charge is 2.31. The number of benzene rings is 3. The SMILES string of the molecule is CN([C@H](C(=O)Nc1ccc(Cl)cc1C(=O)c1ccccc1)c1ccccc1)S(C)(=O)=O. The third-order valence-electron chi connectivity index (χ3n) is 4.77. The van der Waals surface area contributed by atoms with Gasteiger partial charge >= 0.3 is 0 Å². The molecule has 0 saturated heterocycles. The van der Waals surface area contributed by atoms with Crippen LogP contribution in [0.5, 0.6) is 0 Å². The number of likely N-dealkylation sites (N-methyl/N-ethyl adjacent to an activating group) is 1. The first kappa shape index (κ1) is 22.7. The molecule has 160 valence electrons. The van der Waals surface area contributed by atoms with Crippen LogP contribution in [0.1, 0.15) is 27.5 Å². The highest BCUT2D eigenvalue weighted by atomic mass is 35.5. The van der Waals surface area contributed by atoms with E-state index in [0.717, 1.165) is 10.6 Å². The van der Waals surface area contributed by atoms with Crippen molar-refractivity contribution in [2.24, 2.45) is 0 Å². The van der Waals surface area contributed by atoms with Crippen LogP contribution in [0.2, 0.25) is 5.02 Å². The van der Waals surface area contributed by atoms with Gasteiger partial charge in [-0.2, -0.15) is 4.31 Å². The number of anilines is 1. The van der Waals surface area contributed by atoms with Crippen LogP contribution >= 0.6 is 11.6 Å². The maximum Gasteiger partial charge on any atom is 0.247 e. The molecule has 1 N–H and O–H groups in total. The predicted molar refractivity (Wildman–Crippen MR) is 122 cm³/mol. The smallest absolute Gasteiger partial charge is 0.247 e. The first-order chi connectivity index (χ1) is 14.7. The molecule has 31 heavy (non-hydrogen) atoms. The van der Waals surface area contributed by atoms with Gasteiger partial charge in [-0.3, -0.25) is 9.59 Å². The number of ketones is 1. The number of nitrogens with one attached hydrogen (secondary N) is 1. The minimum atomic E-state index is -3.68. The highest BCUT2D eigenvalue weighted by Crippen LogP contribution is 2.27. The lowest BCUT2D eigenvalue weighted by Crippen LogP contribution is -2.38. The standard InChI is InChI=1S/C23H21ClN2O4S/c1-26(31(2,29)30)21(16-9-5-3-6-10-16)23(28)25-20-14-13-18(24)15-19(20)22(27)17-11-7-4-8-12-17/h3-15,21H,1-2H3,(H,25,28)/t21-/m0/s1. The van der Waals surface area contributed by atoms with Crippen molar-refractivity contribution in [2.75, 3.05) is 18.6 Å². The van der Waals surface area contributed by atoms with Crippen LogP contribution in [-0.4, -0.2) is 37.7 Å². The molecule has 0 fully saturated rings. The van der Waals surface area contributed by atoms with Gasteiger partial charge in [0.1, 0.15) is 6.04 Å². The second kappa shape index (κ2) is 9.43. The van der Waals surface area contributed by atoms with Gasteiger partial charge in [-0.1, -0.05) is 72.3 Å². The fourth-order valence-corrected chi connectivity index (χ4v) is 3.89. The molecule has 0 aliphatic heterocycles. The van der Waals surface area contributed by atoms with Gasteiger partial charge in [-0.05, 0) is 23.8 Å². The molecule has 0 aliphatic carbocycles. The first-order valence-electron chi connectivity index (χ1n) is 9.36. The van der Waals surface area contributed by atoms with Gasteiger partial charge in [0.05, 0.1) is 11.9 Å². The topological polar surface area (TPSA) is 83.6 Å². The van der Waals surface area contributed by atoms with Crippen LogP contribution in [0, 0.1) is 0 Å². The van der Waals surface area contributed by atoms with E-state index in [0.29, 0.717) is 16.1 Å². The third kappa shape index (κ3) is 5.38. The minimum Gasteiger partial charge on any atom is -0.324 e. The van der Waals surface area contributed by atoms with Crippen LogP contribution in [-0.2, 0) is 14.8 Å². The van der Waals surface area contributed by atoms with E-state index < -0.39 is 22.0 Å². The summed E-state index contributed by atoms with van der Waals surface area (Å²) in [4.78, 5) is 26.3. The largest absolute Gasteiger partial charge is 0.324 e. The lowest BCUT2D eigenvalue weighted by atomic mass is 10.0. The molecule has 0 aromatic heterocycles. The molecule has 0 aliphatic rings. The molecule has 6 nitrogen and oxygen atoms in total. The van der Waals surface area contributed by atoms with Gasteiger partial charge in [0.15, 0.2) is 5.78 Å². The Bertz CT molecular complexity index is 1200. The maximum atomic E-state index is 13.2. The van der Waals surface area contributed by atoms with Crippen LogP contribution in [0.15, 0.2) is 78.9 Å². The van der Waals surface area contributed by atoms with E-state index in [4.69, 9.17) is 11.6 Å². The number of carbonyl (C=O) groups excluding carboxylic acids is 2. The summed E-state index contributed by atoms with van der Waals surface area (Å²) >= 11 is 6.10. The lowest BCUT2D eigenvalue weighted by Gasteiger charge is -2.26. The summed E-state index contributed by atoms with van der Waals surface area (Å²) in [5.41, 5.74) is 1.39. The fraction of sp³-hybridized carbons (Fsp3) is 0.130. The molecular weight excluding hydrogens is 436 g/mol. The van der Waals surface area contributed by atoms with Crippen molar-refractivity contribution < 1.29 is 18.0 Å². The summed E-state index contributed by atoms with van der Waals surface area (Å²) in [5.74, 6) is -0.908. The molecule has 0 heterocycles. The van der Waals surface area contributed by atoms with Crippen molar-refractivity contribution in [3.05, 3.63) is 101 Å². The average Bonchev–Trinajstić information content (AvgIpc) is 2.75. The molecule has 8 heteroatoms. The second-order valence-electron chi connectivity index (χ2n) is 6.97. The molecular formula is C23H21ClN2O4S. The van der Waals surface area contributed by atoms with E-state index in [1.54, 1.807) is 66.7 Å². The molecule has 0 radical (unpaired) electrons. The highest BCUT2D eigenvalue weighted by molar-refractivity contribution is 7.88. The van der Waals surface area contributed by atoms with Gasteiger partial charge in [0.2, 0.25) is 15.9 Å². The Morgan fingerprint density at radius 1 is 0.935 bits per heavy atom. The number of hydrogen-bond donors (Lipinski definition) is 1. The van der Waals surface area contributed by atoms with Crippen molar-refractivity contribution in [3.63, 3.8) is 0 Å². The van der Waals surface area contributed by atoms with E-state index in [9.17, 15) is 18.0 Å². The zero-order chi connectivity index (χ0) is 22.6. The van der Waals surface area contributed by atoms with Crippen LogP contribution in [0.3, 0.4) is 0 Å². The minimum absolute atomic E-state index is 0.209. The lowest BCUT2D eigenvalue weighted by molar-refractivity contribution is -0.119. The molecule has 1 amide bonds. The molecule has 3 aromatic carbocycles. The Hall–Kier alpha value is -3.00. The van der Waals surface area contributed by atoms with E-state index in [1.165, 1.54) is 19.2 Å². The van der Waals surface area contributed by atoms with Crippen molar-refractivity contribution in [1.82, 2.24) is 4.31 Å². The quantitative estimate of drug-likeness (QED) is 0.541. The number of amides is 1. The Morgan fingerprint density at radius 3 is 2.10 bits per heavy atom. The van der Waals surface area contributed by atoms with Crippen molar-refractivity contribution in [1.29, 1.82) is 0 Å². The molecule has 0 saturated carbocycles. The summed E-state index contributed by atoms with van der Waals surface area (Å²) in [7, 11) is -2.34. The van der Waals surface area contributed by atoms with Crippen LogP contribution in [0.25, 0.3) is 0 Å². The fourth-order valence-electron chi connectivity index (χ4n) is 3.11. The number of carbonyl (C=O) groups is 2. The third-order valence-corrected chi connectivity index (χ3v) is 6.26. The Balaban J connectivity index is 2.00. The van der Waals surface area contributed by atoms with E-state index >= 15 is 0 Å². The van der Waals surface area contributed by atoms with Crippen molar-refractivity contribution in [2.45, 2.75) is 6.04 Å². The van der Waals surface area contributed by atoms with Gasteiger partial charge in [0, 0.05) is 23.2 Å². The predicted octanol–water partition coefficient (Wildman–Crippen LogP) is 4.14. The van der Waals surface area contributed by atoms with E-state index in [1.807, 2.05) is 0 Å². The molecule has 0 spiro atoms. The summed E-state index contributed by atoms with van der Waals surface area (Å²) in [6.07, 6.45) is 1.03. The Kier molecular flexibility index (Phi) is 6.90. The van der Waals surface area contributed by atoms with Crippen molar-refractivity contribution >= 4 is 39.0 Å². The first-order valence-corrected chi connectivity index (χ1v) is 11.6. The van der Waals surface area contributed by atoms with Gasteiger partial charge in [0.25, 0.3) is 0 Å². The van der Waals surface area contributed by atoms with E-state index in [-0.39, 0.29) is 17.0 Å². The summed E-state index contributed by atoms with van der Waals surface area (Å²) in [6, 6.07) is 20.6. The number of nitrogens with zero attached hydrogens (tertiary/aromatic N) is 1. The van der Waals surface area contributed by atoms with Gasteiger partial charge in [-0.25, -0.2) is 8.42 Å². The van der Waals surface area contributed by atoms with Crippen LogP contribution < -0.4 is 5.32 Å². The number of halogens is 1. The zero-order valence-corrected chi connectivity index (χ0v) is 18.5. The summed E-state index contributed by atoms with van der Waals surface area (Å²) < 4.78 is 25.4. The number of rotatable bonds is 7. The normalized spacial score (nSPS) is 12.4. The Labute approximate surface area is 186 Å². The molecule has 0 unspecified atom stereocenters. The average molecular weight is 457 g/mol. The van der Waals surface area contributed by atoms with Crippen molar-refractivity contribution in [3.8, 4) is 0 Å². The number of hydrogen-bond acceptors (Lipinski definition) is 4. The second-order valence-corrected chi connectivity index (χ2v) is 9.45. The van der Waals surface area contributed by atoms with Gasteiger partial charge < -0.3 is 5.32 Å². The monoisotopic (exact) mass is 456 g/mol. The maximum absolute atomic E-state index is 13.2. The van der Waals surface area contributed by atoms with E-state index in [2.05, 4.69) is 5.32 Å². The zero-order valence-electron chi connectivity index (χ0n) is 16.9. The van der Waals surface area contributed by atoms with Crippen LogP contribution in [0.4, 0.5) is 5.69 Å². The molecule has 3 rings (SSSR count). The number of sulfonamides is 1.